The molecule has 0 atom stereocenters. The second-order valence-electron chi connectivity index (χ2n) is 6.47. The molecule has 2 heterocycles. The second-order valence-corrected chi connectivity index (χ2v) is 6.47. The number of methoxy groups -OCH3 is 1. The third-order valence-electron chi connectivity index (χ3n) is 4.55. The molecule has 1 aliphatic heterocycles. The Balaban J connectivity index is 1.59. The smallest absolute Gasteiger partial charge is 0.272 e. The van der Waals surface area contributed by atoms with Gasteiger partial charge in [-0.05, 0) is 36.8 Å². The van der Waals surface area contributed by atoms with Crippen LogP contribution in [-0.2, 0) is 4.74 Å². The Morgan fingerprint density at radius 1 is 1.19 bits per heavy atom. The molecule has 1 fully saturated rings. The lowest BCUT2D eigenvalue weighted by molar-refractivity contribution is 0.0741. The molecule has 26 heavy (non-hydrogen) atoms. The van der Waals surface area contributed by atoms with Crippen LogP contribution in [0.4, 0.5) is 11.4 Å². The zero-order chi connectivity index (χ0) is 18.4. The summed E-state index contributed by atoms with van der Waals surface area (Å²) in [6.07, 6.45) is 1.67. The molecule has 1 amide bonds. The van der Waals surface area contributed by atoms with E-state index in [-0.39, 0.29) is 5.91 Å². The minimum atomic E-state index is -0.00992. The molecular formula is C20H26N4O2. The van der Waals surface area contributed by atoms with Crippen LogP contribution in [-0.4, -0.2) is 62.2 Å². The molecule has 0 unspecified atom stereocenters. The molecule has 1 aromatic carbocycles. The van der Waals surface area contributed by atoms with Gasteiger partial charge in [0.1, 0.15) is 5.69 Å². The number of pyridine rings is 1. The number of benzene rings is 1. The summed E-state index contributed by atoms with van der Waals surface area (Å²) in [5.74, 6) is -0.00992. The predicted octanol–water partition coefficient (Wildman–Crippen LogP) is 2.41. The number of nitrogens with zero attached hydrogens (tertiary/aromatic N) is 3. The number of carbonyl (C=O) groups is 1. The number of aromatic nitrogens is 1. The average molecular weight is 354 g/mol. The van der Waals surface area contributed by atoms with Crippen molar-refractivity contribution in [1.29, 1.82) is 0 Å². The molecule has 138 valence electrons. The molecule has 2 aromatic rings. The van der Waals surface area contributed by atoms with Gasteiger partial charge in [0.2, 0.25) is 0 Å². The maximum Gasteiger partial charge on any atom is 0.272 e. The summed E-state index contributed by atoms with van der Waals surface area (Å²) in [5.41, 5.74) is 3.85. The third kappa shape index (κ3) is 4.52. The van der Waals surface area contributed by atoms with Gasteiger partial charge in [-0.2, -0.15) is 0 Å². The molecule has 1 N–H and O–H groups in total. The van der Waals surface area contributed by atoms with E-state index in [0.29, 0.717) is 31.9 Å². The molecule has 6 nitrogen and oxygen atoms in total. The fraction of sp³-hybridized carbons (Fsp3) is 0.400. The van der Waals surface area contributed by atoms with Gasteiger partial charge in [0.15, 0.2) is 0 Å². The number of piperazine rings is 1. The average Bonchev–Trinajstić information content (AvgIpc) is 2.68. The quantitative estimate of drug-likeness (QED) is 0.808. The second kappa shape index (κ2) is 8.67. The topological polar surface area (TPSA) is 57.7 Å². The number of hydrogen-bond donors (Lipinski definition) is 1. The summed E-state index contributed by atoms with van der Waals surface area (Å²) < 4.78 is 5.03. The largest absolute Gasteiger partial charge is 0.383 e. The van der Waals surface area contributed by atoms with E-state index in [1.165, 1.54) is 11.3 Å². The maximum absolute atomic E-state index is 12.8. The van der Waals surface area contributed by atoms with Crippen molar-refractivity contribution in [3.63, 3.8) is 0 Å². The third-order valence-corrected chi connectivity index (χ3v) is 4.55. The Morgan fingerprint density at radius 3 is 2.73 bits per heavy atom. The Hall–Kier alpha value is -2.60. The molecule has 3 rings (SSSR count). The van der Waals surface area contributed by atoms with Crippen LogP contribution in [0, 0.1) is 6.92 Å². The maximum atomic E-state index is 12.8. The number of amides is 1. The van der Waals surface area contributed by atoms with Crippen molar-refractivity contribution < 1.29 is 9.53 Å². The number of nitrogens with one attached hydrogen (secondary N) is 1. The van der Waals surface area contributed by atoms with Crippen molar-refractivity contribution in [3.8, 4) is 0 Å². The van der Waals surface area contributed by atoms with Crippen molar-refractivity contribution in [2.24, 2.45) is 0 Å². The number of ether oxygens (including phenoxy) is 1. The Morgan fingerprint density at radius 2 is 2.00 bits per heavy atom. The lowest BCUT2D eigenvalue weighted by Crippen LogP contribution is -2.49. The predicted molar refractivity (Wildman–Crippen MR) is 104 cm³/mol. The summed E-state index contributed by atoms with van der Waals surface area (Å²) in [5, 5.41) is 3.23. The molecule has 1 aromatic heterocycles. The van der Waals surface area contributed by atoms with Gasteiger partial charge < -0.3 is 19.9 Å². The van der Waals surface area contributed by atoms with Gasteiger partial charge in [0, 0.05) is 57.4 Å². The van der Waals surface area contributed by atoms with Gasteiger partial charge in [0.25, 0.3) is 5.91 Å². The van der Waals surface area contributed by atoms with Crippen LogP contribution in [0.15, 0.2) is 42.6 Å². The molecule has 6 heteroatoms. The molecule has 0 saturated carbocycles. The fourth-order valence-electron chi connectivity index (χ4n) is 3.11. The van der Waals surface area contributed by atoms with E-state index >= 15 is 0 Å². The van der Waals surface area contributed by atoms with Gasteiger partial charge in [-0.3, -0.25) is 9.78 Å². The summed E-state index contributed by atoms with van der Waals surface area (Å²) in [6.45, 7) is 6.49. The van der Waals surface area contributed by atoms with Gasteiger partial charge in [-0.15, -0.1) is 0 Å². The van der Waals surface area contributed by atoms with E-state index in [0.717, 1.165) is 18.8 Å². The number of carbonyl (C=O) groups excluding carboxylic acids is 1. The molecule has 1 aliphatic rings. The van der Waals surface area contributed by atoms with Crippen molar-refractivity contribution in [3.05, 3.63) is 53.9 Å². The highest BCUT2D eigenvalue weighted by Crippen LogP contribution is 2.19. The first kappa shape index (κ1) is 18.2. The first-order valence-electron chi connectivity index (χ1n) is 8.97. The summed E-state index contributed by atoms with van der Waals surface area (Å²) in [6, 6.07) is 12.2. The van der Waals surface area contributed by atoms with E-state index in [1.54, 1.807) is 13.3 Å². The molecule has 0 aliphatic carbocycles. The first-order chi connectivity index (χ1) is 12.7. The zero-order valence-corrected chi connectivity index (χ0v) is 15.4. The van der Waals surface area contributed by atoms with E-state index in [4.69, 9.17) is 4.74 Å². The number of anilines is 2. The summed E-state index contributed by atoms with van der Waals surface area (Å²) in [4.78, 5) is 21.2. The van der Waals surface area contributed by atoms with Crippen LogP contribution in [0.3, 0.4) is 0 Å². The molecule has 0 spiro atoms. The molecular weight excluding hydrogens is 328 g/mol. The Labute approximate surface area is 154 Å². The summed E-state index contributed by atoms with van der Waals surface area (Å²) in [7, 11) is 1.67. The molecule has 0 radical (unpaired) electrons. The minimum absolute atomic E-state index is 0.00992. The normalized spacial score (nSPS) is 14.4. The monoisotopic (exact) mass is 354 g/mol. The van der Waals surface area contributed by atoms with Gasteiger partial charge in [0.05, 0.1) is 6.61 Å². The number of aryl methyl sites for hydroxylation is 1. The minimum Gasteiger partial charge on any atom is -0.383 e. The Kier molecular flexibility index (Phi) is 6.07. The number of rotatable bonds is 6. The lowest BCUT2D eigenvalue weighted by Gasteiger charge is -2.36. The fourth-order valence-corrected chi connectivity index (χ4v) is 3.11. The number of hydrogen-bond acceptors (Lipinski definition) is 5. The molecule has 1 saturated heterocycles. The highest BCUT2D eigenvalue weighted by molar-refractivity contribution is 5.93. The van der Waals surface area contributed by atoms with Crippen LogP contribution in [0.5, 0.6) is 0 Å². The van der Waals surface area contributed by atoms with E-state index in [1.807, 2.05) is 17.0 Å². The highest BCUT2D eigenvalue weighted by Gasteiger charge is 2.23. The van der Waals surface area contributed by atoms with E-state index in [9.17, 15) is 4.79 Å². The van der Waals surface area contributed by atoms with Crippen LogP contribution in [0.1, 0.15) is 16.1 Å². The van der Waals surface area contributed by atoms with Gasteiger partial charge in [-0.1, -0.05) is 12.1 Å². The first-order valence-corrected chi connectivity index (χ1v) is 8.97. The molecule has 0 bridgehead atoms. The van der Waals surface area contributed by atoms with Crippen molar-refractivity contribution in [2.45, 2.75) is 6.92 Å². The Bertz CT molecular complexity index is 742. The van der Waals surface area contributed by atoms with E-state index < -0.39 is 0 Å². The lowest BCUT2D eigenvalue weighted by atomic mass is 10.2. The van der Waals surface area contributed by atoms with Crippen LogP contribution in [0.25, 0.3) is 0 Å². The standard InChI is InChI=1S/C20H26N4O2/c1-16-4-3-5-18(14-16)23-9-11-24(12-10-23)20(25)19-15-17(6-7-22-19)21-8-13-26-2/h3-7,14-15H,8-13H2,1-2H3,(H,21,22). The van der Waals surface area contributed by atoms with Crippen molar-refractivity contribution in [2.75, 3.05) is 56.7 Å². The van der Waals surface area contributed by atoms with Gasteiger partial charge >= 0.3 is 0 Å². The van der Waals surface area contributed by atoms with Gasteiger partial charge in [-0.25, -0.2) is 0 Å². The summed E-state index contributed by atoms with van der Waals surface area (Å²) >= 11 is 0. The van der Waals surface area contributed by atoms with Crippen LogP contribution in [0.2, 0.25) is 0 Å². The SMILES string of the molecule is COCCNc1ccnc(C(=O)N2CCN(c3cccc(C)c3)CC2)c1. The van der Waals surface area contributed by atoms with Crippen molar-refractivity contribution >= 4 is 17.3 Å². The highest BCUT2D eigenvalue weighted by atomic mass is 16.5. The van der Waals surface area contributed by atoms with Crippen molar-refractivity contribution in [1.82, 2.24) is 9.88 Å². The van der Waals surface area contributed by atoms with E-state index in [2.05, 4.69) is 46.4 Å². The zero-order valence-electron chi connectivity index (χ0n) is 15.4. The van der Waals surface area contributed by atoms with Crippen LogP contribution >= 0.6 is 0 Å². The van der Waals surface area contributed by atoms with Crippen LogP contribution < -0.4 is 10.2 Å².